The maximum Gasteiger partial charge on any atom is 0.313 e. The first-order chi connectivity index (χ1) is 11.5. The molecule has 5 heteroatoms. The molecule has 0 saturated carbocycles. The summed E-state index contributed by atoms with van der Waals surface area (Å²) in [4.78, 5) is 24.0. The van der Waals surface area contributed by atoms with Crippen molar-refractivity contribution in [3.8, 4) is 0 Å². The van der Waals surface area contributed by atoms with Gasteiger partial charge in [-0.05, 0) is 55.4 Å². The van der Waals surface area contributed by atoms with Gasteiger partial charge in [0.05, 0.1) is 5.60 Å². The van der Waals surface area contributed by atoms with Gasteiger partial charge in [-0.15, -0.1) is 0 Å². The lowest BCUT2D eigenvalue weighted by atomic mass is 9.92. The number of carbonyl (C=O) groups excluding carboxylic acids is 2. The Hall–Kier alpha value is -1.88. The highest BCUT2D eigenvalue weighted by Crippen LogP contribution is 2.24. The van der Waals surface area contributed by atoms with Crippen molar-refractivity contribution in [3.05, 3.63) is 29.3 Å². The van der Waals surface area contributed by atoms with Crippen LogP contribution >= 0.6 is 0 Å². The number of rotatable bonds is 7. The molecule has 0 unspecified atom stereocenters. The van der Waals surface area contributed by atoms with Crippen LogP contribution in [0.15, 0.2) is 18.2 Å². The van der Waals surface area contributed by atoms with Crippen molar-refractivity contribution in [1.29, 1.82) is 0 Å². The largest absolute Gasteiger partial charge is 0.388 e. The fraction of sp³-hybridized carbons (Fsp3) is 0.579. The number of benzene rings is 1. The first kappa shape index (κ1) is 18.5. The van der Waals surface area contributed by atoms with E-state index in [-0.39, 0.29) is 6.54 Å². The molecule has 3 N–H and O–H groups in total. The summed E-state index contributed by atoms with van der Waals surface area (Å²) < 4.78 is 0. The number of amides is 2. The van der Waals surface area contributed by atoms with Crippen LogP contribution in [0.2, 0.25) is 0 Å². The second kappa shape index (κ2) is 8.29. The molecule has 1 aliphatic carbocycles. The average Bonchev–Trinajstić information content (AvgIpc) is 3.00. The Morgan fingerprint density at radius 2 is 1.75 bits per heavy atom. The third kappa shape index (κ3) is 4.81. The molecule has 5 nitrogen and oxygen atoms in total. The van der Waals surface area contributed by atoms with Crippen LogP contribution < -0.4 is 10.6 Å². The highest BCUT2D eigenvalue weighted by atomic mass is 16.3. The molecule has 0 spiro atoms. The molecule has 2 rings (SSSR count). The summed E-state index contributed by atoms with van der Waals surface area (Å²) in [7, 11) is 0. The van der Waals surface area contributed by atoms with Gasteiger partial charge in [0.2, 0.25) is 0 Å². The molecule has 132 valence electrons. The Bertz CT molecular complexity index is 592. The van der Waals surface area contributed by atoms with Crippen LogP contribution in [0.4, 0.5) is 5.69 Å². The van der Waals surface area contributed by atoms with Gasteiger partial charge in [-0.2, -0.15) is 0 Å². The second-order valence-electron chi connectivity index (χ2n) is 6.70. The number of carbonyl (C=O) groups is 2. The summed E-state index contributed by atoms with van der Waals surface area (Å²) in [6.45, 7) is 4.08. The maximum absolute atomic E-state index is 12.0. The fourth-order valence-corrected chi connectivity index (χ4v) is 3.40. The summed E-state index contributed by atoms with van der Waals surface area (Å²) >= 11 is 0. The number of aryl methyl sites for hydroxylation is 2. The fourth-order valence-electron chi connectivity index (χ4n) is 3.40. The van der Waals surface area contributed by atoms with Crippen molar-refractivity contribution in [1.82, 2.24) is 5.32 Å². The lowest BCUT2D eigenvalue weighted by Crippen LogP contribution is -2.46. The summed E-state index contributed by atoms with van der Waals surface area (Å²) in [6.07, 6.45) is 6.10. The minimum atomic E-state index is -0.937. The number of anilines is 1. The summed E-state index contributed by atoms with van der Waals surface area (Å²) in [6, 6.07) is 5.79. The number of hydrogen-bond acceptors (Lipinski definition) is 3. The normalized spacial score (nSPS) is 13.5. The van der Waals surface area contributed by atoms with E-state index in [9.17, 15) is 14.7 Å². The maximum atomic E-state index is 12.0. The van der Waals surface area contributed by atoms with Gasteiger partial charge in [-0.1, -0.05) is 32.8 Å². The highest BCUT2D eigenvalue weighted by molar-refractivity contribution is 6.39. The van der Waals surface area contributed by atoms with Gasteiger partial charge >= 0.3 is 11.8 Å². The number of aliphatic hydroxyl groups is 1. The van der Waals surface area contributed by atoms with Crippen molar-refractivity contribution in [3.63, 3.8) is 0 Å². The molecule has 2 amide bonds. The molecule has 1 aromatic carbocycles. The van der Waals surface area contributed by atoms with E-state index in [4.69, 9.17) is 0 Å². The molecular formula is C19H28N2O3. The van der Waals surface area contributed by atoms with E-state index in [1.54, 1.807) is 0 Å². The van der Waals surface area contributed by atoms with E-state index >= 15 is 0 Å². The van der Waals surface area contributed by atoms with E-state index in [1.165, 1.54) is 11.1 Å². The van der Waals surface area contributed by atoms with Crippen LogP contribution in [0.5, 0.6) is 0 Å². The minimum absolute atomic E-state index is 0.102. The Morgan fingerprint density at radius 1 is 1.08 bits per heavy atom. The molecule has 24 heavy (non-hydrogen) atoms. The van der Waals surface area contributed by atoms with Gasteiger partial charge in [0.25, 0.3) is 0 Å². The standard InChI is InChI=1S/C19H28N2O3/c1-3-10-19(24,11-4-2)13-20-17(22)18(23)21-16-9-8-14-6-5-7-15(14)12-16/h8-9,12,24H,3-7,10-11,13H2,1-2H3,(H,20,22)(H,21,23). The number of nitrogens with one attached hydrogen (secondary N) is 2. The molecule has 0 fully saturated rings. The van der Waals surface area contributed by atoms with E-state index < -0.39 is 17.4 Å². The zero-order valence-electron chi connectivity index (χ0n) is 14.7. The zero-order chi connectivity index (χ0) is 17.6. The van der Waals surface area contributed by atoms with Crippen molar-refractivity contribution >= 4 is 17.5 Å². The van der Waals surface area contributed by atoms with Gasteiger partial charge in [-0.3, -0.25) is 9.59 Å². The highest BCUT2D eigenvalue weighted by Gasteiger charge is 2.26. The molecule has 0 bridgehead atoms. The molecule has 0 atom stereocenters. The molecule has 1 aromatic rings. The average molecular weight is 332 g/mol. The van der Waals surface area contributed by atoms with Crippen LogP contribution in [0.1, 0.15) is 57.1 Å². The van der Waals surface area contributed by atoms with Gasteiger partial charge in [0.1, 0.15) is 0 Å². The molecular weight excluding hydrogens is 304 g/mol. The topological polar surface area (TPSA) is 78.4 Å². The van der Waals surface area contributed by atoms with Gasteiger partial charge < -0.3 is 15.7 Å². The SMILES string of the molecule is CCCC(O)(CCC)CNC(=O)C(=O)Nc1ccc2c(c1)CCC2. The van der Waals surface area contributed by atoms with Gasteiger partial charge in [0, 0.05) is 12.2 Å². The van der Waals surface area contributed by atoms with Crippen LogP contribution in [0, 0.1) is 0 Å². The number of fused-ring (bicyclic) bond motifs is 1. The Balaban J connectivity index is 1.89. The van der Waals surface area contributed by atoms with Crippen molar-refractivity contribution in [2.75, 3.05) is 11.9 Å². The van der Waals surface area contributed by atoms with Gasteiger partial charge in [-0.25, -0.2) is 0 Å². The van der Waals surface area contributed by atoms with Gasteiger partial charge in [0.15, 0.2) is 0 Å². The quantitative estimate of drug-likeness (QED) is 0.672. The Morgan fingerprint density at radius 3 is 2.42 bits per heavy atom. The van der Waals surface area contributed by atoms with E-state index in [0.717, 1.165) is 32.1 Å². The lowest BCUT2D eigenvalue weighted by molar-refractivity contribution is -0.137. The Kier molecular flexibility index (Phi) is 6.37. The molecule has 0 aliphatic heterocycles. The van der Waals surface area contributed by atoms with Crippen LogP contribution in [0.25, 0.3) is 0 Å². The first-order valence-corrected chi connectivity index (χ1v) is 8.91. The predicted molar refractivity (Wildman–Crippen MR) is 94.9 cm³/mol. The lowest BCUT2D eigenvalue weighted by Gasteiger charge is -2.27. The molecule has 0 heterocycles. The Labute approximate surface area is 143 Å². The minimum Gasteiger partial charge on any atom is -0.388 e. The summed E-state index contributed by atoms with van der Waals surface area (Å²) in [5.74, 6) is -1.40. The smallest absolute Gasteiger partial charge is 0.313 e. The predicted octanol–water partition coefficient (Wildman–Crippen LogP) is 2.56. The summed E-state index contributed by atoms with van der Waals surface area (Å²) in [5, 5.41) is 15.7. The van der Waals surface area contributed by atoms with E-state index in [1.807, 2.05) is 32.0 Å². The van der Waals surface area contributed by atoms with Crippen LogP contribution in [-0.2, 0) is 22.4 Å². The molecule has 0 saturated heterocycles. The van der Waals surface area contributed by atoms with Crippen molar-refractivity contribution in [2.24, 2.45) is 0 Å². The molecule has 0 aromatic heterocycles. The van der Waals surface area contributed by atoms with Crippen LogP contribution in [-0.4, -0.2) is 29.1 Å². The third-order valence-electron chi connectivity index (χ3n) is 4.57. The molecule has 1 aliphatic rings. The summed E-state index contributed by atoms with van der Waals surface area (Å²) in [5.41, 5.74) is 2.27. The zero-order valence-corrected chi connectivity index (χ0v) is 14.7. The van der Waals surface area contributed by atoms with Crippen molar-refractivity contribution in [2.45, 2.75) is 64.4 Å². The third-order valence-corrected chi connectivity index (χ3v) is 4.57. The monoisotopic (exact) mass is 332 g/mol. The number of hydrogen-bond donors (Lipinski definition) is 3. The first-order valence-electron chi connectivity index (χ1n) is 8.91. The van der Waals surface area contributed by atoms with Crippen LogP contribution in [0.3, 0.4) is 0 Å². The van der Waals surface area contributed by atoms with E-state index in [0.29, 0.717) is 18.5 Å². The molecule has 0 radical (unpaired) electrons. The van der Waals surface area contributed by atoms with Crippen molar-refractivity contribution < 1.29 is 14.7 Å². The van der Waals surface area contributed by atoms with E-state index in [2.05, 4.69) is 10.6 Å². The second-order valence-corrected chi connectivity index (χ2v) is 6.70.